The second-order valence-corrected chi connectivity index (χ2v) is 13.3. The lowest BCUT2D eigenvalue weighted by Gasteiger charge is -2.18. The zero-order chi connectivity index (χ0) is 29.9. The Morgan fingerprint density at radius 2 is 1.09 bits per heavy atom. The third-order valence-corrected chi connectivity index (χ3v) is 11.0. The van der Waals surface area contributed by atoms with Gasteiger partial charge in [0.25, 0.3) is 0 Å². The molecule has 9 aromatic carbocycles. The van der Waals surface area contributed by atoms with Gasteiger partial charge in [0, 0.05) is 0 Å². The van der Waals surface area contributed by atoms with Gasteiger partial charge in [0.05, 0.1) is 0 Å². The molecule has 0 amide bonds. The van der Waals surface area contributed by atoms with Crippen LogP contribution in [0.25, 0.3) is 99.0 Å². The van der Waals surface area contributed by atoms with Gasteiger partial charge in [-0.25, -0.2) is 0 Å². The number of rotatable bonds is 2. The summed E-state index contributed by atoms with van der Waals surface area (Å²) < 4.78 is 0. The van der Waals surface area contributed by atoms with E-state index in [1.807, 2.05) is 0 Å². The normalized spacial score (nSPS) is 14.3. The van der Waals surface area contributed by atoms with E-state index < -0.39 is 0 Å². The first-order valence-corrected chi connectivity index (χ1v) is 16.7. The molecule has 9 aromatic rings. The Balaban J connectivity index is 1.47. The molecule has 11 rings (SSSR count). The van der Waals surface area contributed by atoms with E-state index in [0.717, 1.165) is 25.7 Å². The van der Waals surface area contributed by atoms with Crippen molar-refractivity contribution in [1.29, 1.82) is 0 Å². The van der Waals surface area contributed by atoms with Crippen LogP contribution in [-0.4, -0.2) is 0 Å². The Hall–Kier alpha value is -5.46. The lowest BCUT2D eigenvalue weighted by molar-refractivity contribution is 0.981. The summed E-state index contributed by atoms with van der Waals surface area (Å²) in [5.41, 5.74) is 9.86. The molecular weight excluding hydrogens is 553 g/mol. The van der Waals surface area contributed by atoms with Gasteiger partial charge in [-0.3, -0.25) is 0 Å². The minimum Gasteiger partial charge on any atom is -0.0836 e. The van der Waals surface area contributed by atoms with E-state index in [0.29, 0.717) is 0 Å². The smallest absolute Gasteiger partial charge is 0.00107 e. The molecule has 2 aliphatic rings. The van der Waals surface area contributed by atoms with Crippen molar-refractivity contribution in [2.24, 2.45) is 0 Å². The monoisotopic (exact) mass is 582 g/mol. The van der Waals surface area contributed by atoms with Gasteiger partial charge in [-0.1, -0.05) is 115 Å². The van der Waals surface area contributed by atoms with Gasteiger partial charge in [-0.2, -0.15) is 0 Å². The highest BCUT2D eigenvalue weighted by Gasteiger charge is 2.28. The quantitative estimate of drug-likeness (QED) is 0.190. The molecule has 0 saturated carbocycles. The molecule has 0 heteroatoms. The summed E-state index contributed by atoms with van der Waals surface area (Å²) in [4.78, 5) is 0. The van der Waals surface area contributed by atoms with E-state index >= 15 is 0 Å². The van der Waals surface area contributed by atoms with Crippen LogP contribution >= 0.6 is 0 Å². The fourth-order valence-electron chi connectivity index (χ4n) is 9.24. The molecule has 0 heterocycles. The summed E-state index contributed by atoms with van der Waals surface area (Å²) in [5, 5.41) is 18.1. The average molecular weight is 583 g/mol. The van der Waals surface area contributed by atoms with Crippen molar-refractivity contribution in [2.45, 2.75) is 25.7 Å². The van der Waals surface area contributed by atoms with Crippen molar-refractivity contribution in [3.63, 3.8) is 0 Å². The van der Waals surface area contributed by atoms with E-state index in [-0.39, 0.29) is 0 Å². The average Bonchev–Trinajstić information content (AvgIpc) is 3.61. The maximum Gasteiger partial charge on any atom is -0.00107 e. The molecule has 0 fully saturated rings. The van der Waals surface area contributed by atoms with Gasteiger partial charge >= 0.3 is 0 Å². The van der Waals surface area contributed by atoms with Crippen LogP contribution in [0.15, 0.2) is 121 Å². The molecule has 0 unspecified atom stereocenters. The van der Waals surface area contributed by atoms with E-state index in [1.54, 1.807) is 0 Å². The summed E-state index contributed by atoms with van der Waals surface area (Å²) in [6, 6.07) is 43.7. The van der Waals surface area contributed by atoms with Crippen molar-refractivity contribution in [3.05, 3.63) is 143 Å². The first-order chi connectivity index (χ1) is 22.8. The molecular formula is C46H30. The van der Waals surface area contributed by atoms with Crippen molar-refractivity contribution in [3.8, 4) is 22.3 Å². The molecule has 0 aromatic heterocycles. The summed E-state index contributed by atoms with van der Waals surface area (Å²) in [6.07, 6.45) is 11.7. The second-order valence-electron chi connectivity index (χ2n) is 13.3. The van der Waals surface area contributed by atoms with Crippen LogP contribution in [0.5, 0.6) is 0 Å². The van der Waals surface area contributed by atoms with Crippen LogP contribution in [0, 0.1) is 0 Å². The summed E-state index contributed by atoms with van der Waals surface area (Å²) in [7, 11) is 0. The molecule has 0 atom stereocenters. The zero-order valence-electron chi connectivity index (χ0n) is 25.5. The lowest BCUT2D eigenvalue weighted by Crippen LogP contribution is -2.15. The van der Waals surface area contributed by atoms with Crippen molar-refractivity contribution in [2.75, 3.05) is 0 Å². The van der Waals surface area contributed by atoms with Crippen molar-refractivity contribution < 1.29 is 0 Å². The van der Waals surface area contributed by atoms with Gasteiger partial charge in [-0.15, -0.1) is 0 Å². The van der Waals surface area contributed by atoms with Crippen LogP contribution in [0.2, 0.25) is 0 Å². The van der Waals surface area contributed by atoms with Gasteiger partial charge < -0.3 is 0 Å². The number of hydrogen-bond donors (Lipinski definition) is 0. The topological polar surface area (TPSA) is 0 Å². The predicted molar refractivity (Wildman–Crippen MR) is 199 cm³/mol. The standard InChI is InChI=1S/C46H30/c1-3-12-28(13-4-1)42-38-25-36-33-20-9-17-27-18-10-21-34(41(27)33)37(36)26-39(38)43(29-14-5-2-6-15-29)46-40-24-30-16-7-8-19-31(30)32-22-11-23-35(44(32)40)45(42)46/h1-6,8-10,12-15,17-22,24-26H,7,11,16,23H2. The first-order valence-electron chi connectivity index (χ1n) is 16.7. The molecule has 0 N–H and O–H groups in total. The summed E-state index contributed by atoms with van der Waals surface area (Å²) >= 11 is 0. The van der Waals surface area contributed by atoms with Gasteiger partial charge in [-0.05, 0) is 153 Å². The number of aryl methyl sites for hydroxylation is 2. The fraction of sp³-hybridized carbons (Fsp3) is 0.0870. The third kappa shape index (κ3) is 3.14. The van der Waals surface area contributed by atoms with Gasteiger partial charge in [0.15, 0.2) is 0 Å². The molecule has 0 nitrogen and oxygen atoms in total. The molecule has 0 spiro atoms. The number of hydrogen-bond acceptors (Lipinski definition) is 0. The second kappa shape index (κ2) is 9.05. The van der Waals surface area contributed by atoms with Crippen LogP contribution in [0.1, 0.15) is 29.5 Å². The van der Waals surface area contributed by atoms with E-state index in [9.17, 15) is 0 Å². The Labute approximate surface area is 267 Å². The molecule has 214 valence electrons. The maximum atomic E-state index is 2.57. The minimum absolute atomic E-state index is 1.07. The third-order valence-electron chi connectivity index (χ3n) is 11.0. The number of allylic oxidation sites excluding steroid dienone is 1. The highest BCUT2D eigenvalue weighted by Crippen LogP contribution is 2.52. The van der Waals surface area contributed by atoms with E-state index in [2.05, 4.69) is 133 Å². The van der Waals surface area contributed by atoms with Gasteiger partial charge in [0.1, 0.15) is 0 Å². The molecule has 0 saturated heterocycles. The van der Waals surface area contributed by atoms with Crippen LogP contribution in [-0.2, 0) is 12.8 Å². The Morgan fingerprint density at radius 3 is 1.76 bits per heavy atom. The first kappa shape index (κ1) is 24.8. The van der Waals surface area contributed by atoms with E-state index in [4.69, 9.17) is 0 Å². The molecule has 46 heavy (non-hydrogen) atoms. The van der Waals surface area contributed by atoms with Crippen molar-refractivity contribution in [1.82, 2.24) is 0 Å². The van der Waals surface area contributed by atoms with Gasteiger partial charge in [0.2, 0.25) is 0 Å². The summed E-state index contributed by atoms with van der Waals surface area (Å²) in [5.74, 6) is 0. The van der Waals surface area contributed by atoms with Crippen LogP contribution in [0.3, 0.4) is 0 Å². The maximum absolute atomic E-state index is 2.57. The highest BCUT2D eigenvalue weighted by molar-refractivity contribution is 6.37. The Bertz CT molecular complexity index is 2810. The molecule has 0 aliphatic heterocycles. The Kier molecular flexibility index (Phi) is 4.88. The minimum atomic E-state index is 1.07. The number of benzene rings is 7. The van der Waals surface area contributed by atoms with Crippen LogP contribution < -0.4 is 5.22 Å². The predicted octanol–water partition coefficient (Wildman–Crippen LogP) is 11.8. The fourth-order valence-corrected chi connectivity index (χ4v) is 9.24. The Morgan fingerprint density at radius 1 is 0.435 bits per heavy atom. The lowest BCUT2D eigenvalue weighted by atomic mass is 9.85. The SMILES string of the molecule is C1=Cc2c(cc3c4c(c5c(-c6ccccc6)c6cc7c(cc6c(-c6ccccc6)c53)c3cccc5cccc7c53)CCC=c24)CC1. The van der Waals surface area contributed by atoms with E-state index in [1.165, 1.54) is 109 Å². The molecule has 2 aliphatic carbocycles. The largest absolute Gasteiger partial charge is 0.0836 e. The summed E-state index contributed by atoms with van der Waals surface area (Å²) in [6.45, 7) is 0. The van der Waals surface area contributed by atoms with Crippen molar-refractivity contribution >= 4 is 76.8 Å². The molecule has 0 radical (unpaired) electrons. The molecule has 0 bridgehead atoms. The van der Waals surface area contributed by atoms with Crippen LogP contribution in [0.4, 0.5) is 0 Å². The highest BCUT2D eigenvalue weighted by atomic mass is 14.3. The zero-order valence-corrected chi connectivity index (χ0v) is 25.5. The number of fused-ring (bicyclic) bond motifs is 9.